The Morgan fingerprint density at radius 3 is 2.89 bits per heavy atom. The standard InChI is InChI=1S/C12H14N4O.ClH/c1-2-10(14-5-1)8-11-15-12(16-17-11)9-3-6-13-7-4-9;/h3-4,6-7,10,14H,1-2,5,8H2;1H. The molecule has 0 spiro atoms. The second-order valence-electron chi connectivity index (χ2n) is 4.25. The average Bonchev–Trinajstić information content (AvgIpc) is 3.02. The van der Waals surface area contributed by atoms with Gasteiger partial charge in [-0.05, 0) is 31.5 Å². The fourth-order valence-corrected chi connectivity index (χ4v) is 2.10. The van der Waals surface area contributed by atoms with Crippen molar-refractivity contribution in [1.29, 1.82) is 0 Å². The summed E-state index contributed by atoms with van der Waals surface area (Å²) >= 11 is 0. The number of halogens is 1. The second-order valence-corrected chi connectivity index (χ2v) is 4.25. The van der Waals surface area contributed by atoms with Crippen LogP contribution in [0.15, 0.2) is 29.0 Å². The number of hydrogen-bond acceptors (Lipinski definition) is 5. The van der Waals surface area contributed by atoms with Crippen LogP contribution in [0.2, 0.25) is 0 Å². The first kappa shape index (κ1) is 13.0. The molecule has 1 unspecified atom stereocenters. The van der Waals surface area contributed by atoms with Crippen molar-refractivity contribution in [3.63, 3.8) is 0 Å². The van der Waals surface area contributed by atoms with Gasteiger partial charge in [-0.2, -0.15) is 4.98 Å². The normalized spacial score (nSPS) is 18.6. The molecule has 18 heavy (non-hydrogen) atoms. The molecule has 0 amide bonds. The van der Waals surface area contributed by atoms with Crippen molar-refractivity contribution in [3.8, 4) is 11.4 Å². The largest absolute Gasteiger partial charge is 0.339 e. The highest BCUT2D eigenvalue weighted by Gasteiger charge is 2.18. The van der Waals surface area contributed by atoms with E-state index < -0.39 is 0 Å². The fraction of sp³-hybridized carbons (Fsp3) is 0.417. The quantitative estimate of drug-likeness (QED) is 0.919. The Labute approximate surface area is 111 Å². The predicted octanol–water partition coefficient (Wildman–Crippen LogP) is 1.85. The van der Waals surface area contributed by atoms with E-state index in [1.54, 1.807) is 12.4 Å². The predicted molar refractivity (Wildman–Crippen MR) is 69.5 cm³/mol. The maximum atomic E-state index is 5.26. The number of hydrogen-bond donors (Lipinski definition) is 1. The molecule has 3 heterocycles. The lowest BCUT2D eigenvalue weighted by atomic mass is 10.1. The molecule has 6 heteroatoms. The van der Waals surface area contributed by atoms with Crippen LogP contribution in [0.1, 0.15) is 18.7 Å². The molecule has 0 radical (unpaired) electrons. The Balaban J connectivity index is 0.00000120. The van der Waals surface area contributed by atoms with Crippen LogP contribution in [0, 0.1) is 0 Å². The van der Waals surface area contributed by atoms with Gasteiger partial charge >= 0.3 is 0 Å². The van der Waals surface area contributed by atoms with E-state index in [1.807, 2.05) is 12.1 Å². The number of nitrogens with one attached hydrogen (secondary N) is 1. The Hall–Kier alpha value is -1.46. The Morgan fingerprint density at radius 1 is 1.33 bits per heavy atom. The number of nitrogens with zero attached hydrogens (tertiary/aromatic N) is 3. The molecule has 2 aromatic heterocycles. The molecule has 3 rings (SSSR count). The molecule has 0 aliphatic carbocycles. The summed E-state index contributed by atoms with van der Waals surface area (Å²) in [6, 6.07) is 4.24. The van der Waals surface area contributed by atoms with Crippen molar-refractivity contribution in [2.45, 2.75) is 25.3 Å². The van der Waals surface area contributed by atoms with E-state index in [9.17, 15) is 0 Å². The highest BCUT2D eigenvalue weighted by molar-refractivity contribution is 5.85. The lowest BCUT2D eigenvalue weighted by molar-refractivity contribution is 0.364. The Morgan fingerprint density at radius 2 is 2.17 bits per heavy atom. The third kappa shape index (κ3) is 2.86. The van der Waals surface area contributed by atoms with Gasteiger partial charge in [0.25, 0.3) is 0 Å². The topological polar surface area (TPSA) is 63.8 Å². The highest BCUT2D eigenvalue weighted by atomic mass is 35.5. The zero-order chi connectivity index (χ0) is 11.5. The lowest BCUT2D eigenvalue weighted by Crippen LogP contribution is -2.23. The summed E-state index contributed by atoms with van der Waals surface area (Å²) in [7, 11) is 0. The van der Waals surface area contributed by atoms with Crippen LogP contribution in [-0.4, -0.2) is 27.7 Å². The second kappa shape index (κ2) is 5.93. The molecule has 1 aliphatic rings. The van der Waals surface area contributed by atoms with Crippen molar-refractivity contribution in [3.05, 3.63) is 30.4 Å². The molecule has 2 aromatic rings. The first-order chi connectivity index (χ1) is 8.42. The van der Waals surface area contributed by atoms with E-state index >= 15 is 0 Å². The van der Waals surface area contributed by atoms with Gasteiger partial charge in [0.2, 0.25) is 11.7 Å². The third-order valence-electron chi connectivity index (χ3n) is 2.99. The van der Waals surface area contributed by atoms with Gasteiger partial charge in [0.15, 0.2) is 0 Å². The van der Waals surface area contributed by atoms with E-state index in [0.717, 1.165) is 18.5 Å². The summed E-state index contributed by atoms with van der Waals surface area (Å²) in [4.78, 5) is 8.36. The molecule has 0 aromatic carbocycles. The summed E-state index contributed by atoms with van der Waals surface area (Å²) in [5, 5.41) is 7.40. The number of pyridine rings is 1. The number of aromatic nitrogens is 3. The monoisotopic (exact) mass is 266 g/mol. The Bertz CT molecular complexity index is 482. The van der Waals surface area contributed by atoms with E-state index in [2.05, 4.69) is 20.4 Å². The Kier molecular flexibility index (Phi) is 4.28. The van der Waals surface area contributed by atoms with Gasteiger partial charge < -0.3 is 9.84 Å². The highest BCUT2D eigenvalue weighted by Crippen LogP contribution is 2.16. The molecule has 0 saturated carbocycles. The SMILES string of the molecule is Cl.c1cc(-c2noc(CC3CCCN3)n2)ccn1. The van der Waals surface area contributed by atoms with Crippen molar-refractivity contribution in [2.75, 3.05) is 6.54 Å². The molecule has 1 N–H and O–H groups in total. The molecule has 96 valence electrons. The van der Waals surface area contributed by atoms with Crippen LogP contribution in [0.25, 0.3) is 11.4 Å². The summed E-state index contributed by atoms with van der Waals surface area (Å²) < 4.78 is 5.26. The van der Waals surface area contributed by atoms with Crippen LogP contribution in [0.5, 0.6) is 0 Å². The molecule has 1 saturated heterocycles. The van der Waals surface area contributed by atoms with E-state index in [1.165, 1.54) is 12.8 Å². The van der Waals surface area contributed by atoms with Crippen molar-refractivity contribution >= 4 is 12.4 Å². The van der Waals surface area contributed by atoms with Gasteiger partial charge in [-0.3, -0.25) is 4.98 Å². The van der Waals surface area contributed by atoms with E-state index in [-0.39, 0.29) is 12.4 Å². The first-order valence-electron chi connectivity index (χ1n) is 5.88. The minimum atomic E-state index is 0. The summed E-state index contributed by atoms with van der Waals surface area (Å²) in [6.07, 6.45) is 6.69. The van der Waals surface area contributed by atoms with Crippen molar-refractivity contribution in [1.82, 2.24) is 20.4 Å². The zero-order valence-corrected chi connectivity index (χ0v) is 10.7. The van der Waals surface area contributed by atoms with E-state index in [0.29, 0.717) is 17.8 Å². The van der Waals surface area contributed by atoms with Gasteiger partial charge in [0.1, 0.15) is 0 Å². The van der Waals surface area contributed by atoms with Gasteiger partial charge in [-0.25, -0.2) is 0 Å². The minimum absolute atomic E-state index is 0. The lowest BCUT2D eigenvalue weighted by Gasteiger charge is -2.04. The first-order valence-corrected chi connectivity index (χ1v) is 5.88. The molecule has 1 aliphatic heterocycles. The third-order valence-corrected chi connectivity index (χ3v) is 2.99. The van der Waals surface area contributed by atoms with Crippen LogP contribution in [-0.2, 0) is 6.42 Å². The number of rotatable bonds is 3. The maximum absolute atomic E-state index is 5.26. The van der Waals surface area contributed by atoms with Crippen LogP contribution in [0.3, 0.4) is 0 Å². The van der Waals surface area contributed by atoms with Gasteiger partial charge in [-0.1, -0.05) is 5.16 Å². The summed E-state index contributed by atoms with van der Waals surface area (Å²) in [6.45, 7) is 1.09. The minimum Gasteiger partial charge on any atom is -0.339 e. The molecule has 1 fully saturated rings. The average molecular weight is 267 g/mol. The molecular formula is C12H15ClN4O. The smallest absolute Gasteiger partial charge is 0.228 e. The van der Waals surface area contributed by atoms with Crippen LogP contribution in [0.4, 0.5) is 0 Å². The van der Waals surface area contributed by atoms with E-state index in [4.69, 9.17) is 4.52 Å². The van der Waals surface area contributed by atoms with Crippen molar-refractivity contribution < 1.29 is 4.52 Å². The van der Waals surface area contributed by atoms with Crippen LogP contribution >= 0.6 is 12.4 Å². The zero-order valence-electron chi connectivity index (χ0n) is 9.87. The molecule has 0 bridgehead atoms. The maximum Gasteiger partial charge on any atom is 0.228 e. The van der Waals surface area contributed by atoms with Gasteiger partial charge in [-0.15, -0.1) is 12.4 Å². The fourth-order valence-electron chi connectivity index (χ4n) is 2.10. The molecule has 5 nitrogen and oxygen atoms in total. The molecule has 1 atom stereocenters. The summed E-state index contributed by atoms with van der Waals surface area (Å²) in [5.74, 6) is 1.34. The van der Waals surface area contributed by atoms with Gasteiger partial charge in [0, 0.05) is 30.4 Å². The summed E-state index contributed by atoms with van der Waals surface area (Å²) in [5.41, 5.74) is 0.939. The van der Waals surface area contributed by atoms with Gasteiger partial charge in [0.05, 0.1) is 0 Å². The van der Waals surface area contributed by atoms with Crippen LogP contribution < -0.4 is 5.32 Å². The van der Waals surface area contributed by atoms with Crippen molar-refractivity contribution in [2.24, 2.45) is 0 Å². The molecular weight excluding hydrogens is 252 g/mol.